The van der Waals surface area contributed by atoms with Crippen molar-refractivity contribution in [3.05, 3.63) is 29.8 Å². The average molecular weight is 299 g/mol. The van der Waals surface area contributed by atoms with Crippen LogP contribution in [-0.2, 0) is 6.54 Å². The standard InChI is InChI=1S/C15H22N2S.ClH/c16-13-5-3-4-12(10-13)11-17-8-9-18-15-7-2-1-6-14(15)17;/h3-5,10,14-15H,1-2,6-9,11,16H2;1H. The summed E-state index contributed by atoms with van der Waals surface area (Å²) in [4.78, 5) is 2.69. The lowest BCUT2D eigenvalue weighted by molar-refractivity contribution is 0.155. The summed E-state index contributed by atoms with van der Waals surface area (Å²) in [5, 5.41) is 0.883. The first kappa shape index (κ1) is 15.0. The quantitative estimate of drug-likeness (QED) is 0.847. The number of nitrogens with zero attached hydrogens (tertiary/aromatic N) is 1. The highest BCUT2D eigenvalue weighted by atomic mass is 35.5. The molecule has 0 aromatic heterocycles. The summed E-state index contributed by atoms with van der Waals surface area (Å²) in [6.45, 7) is 2.31. The molecule has 1 aromatic rings. The first-order chi connectivity index (χ1) is 8.83. The van der Waals surface area contributed by atoms with Gasteiger partial charge in [-0.2, -0.15) is 11.8 Å². The second-order valence-corrected chi connectivity index (χ2v) is 6.82. The molecule has 0 spiro atoms. The first-order valence-corrected chi connectivity index (χ1v) is 8.08. The van der Waals surface area contributed by atoms with Crippen LogP contribution in [0.2, 0.25) is 0 Å². The predicted molar refractivity (Wildman–Crippen MR) is 87.0 cm³/mol. The molecule has 1 aliphatic heterocycles. The molecule has 2 N–H and O–H groups in total. The number of nitrogens with two attached hydrogens (primary N) is 1. The van der Waals surface area contributed by atoms with Crippen molar-refractivity contribution in [1.29, 1.82) is 0 Å². The van der Waals surface area contributed by atoms with E-state index in [1.54, 1.807) is 0 Å². The molecule has 0 bridgehead atoms. The minimum atomic E-state index is 0. The number of nitrogen functional groups attached to an aromatic ring is 1. The van der Waals surface area contributed by atoms with Crippen LogP contribution in [0.25, 0.3) is 0 Å². The second-order valence-electron chi connectivity index (χ2n) is 5.48. The Balaban J connectivity index is 0.00000133. The van der Waals surface area contributed by atoms with Crippen LogP contribution >= 0.6 is 24.2 Å². The molecule has 0 amide bonds. The van der Waals surface area contributed by atoms with Gasteiger partial charge in [0.05, 0.1) is 0 Å². The maximum absolute atomic E-state index is 5.87. The largest absolute Gasteiger partial charge is 0.399 e. The topological polar surface area (TPSA) is 29.3 Å². The lowest BCUT2D eigenvalue weighted by Crippen LogP contribution is -2.48. The number of benzene rings is 1. The lowest BCUT2D eigenvalue weighted by atomic mass is 9.93. The van der Waals surface area contributed by atoms with Crippen LogP contribution in [0.3, 0.4) is 0 Å². The Morgan fingerprint density at radius 3 is 2.95 bits per heavy atom. The molecule has 0 radical (unpaired) electrons. The van der Waals surface area contributed by atoms with Crippen molar-refractivity contribution in [2.24, 2.45) is 0 Å². The van der Waals surface area contributed by atoms with Gasteiger partial charge in [0, 0.05) is 35.8 Å². The number of halogens is 1. The summed E-state index contributed by atoms with van der Waals surface area (Å²) in [6, 6.07) is 9.18. The number of hydrogen-bond donors (Lipinski definition) is 1. The highest BCUT2D eigenvalue weighted by molar-refractivity contribution is 8.00. The molecule has 19 heavy (non-hydrogen) atoms. The van der Waals surface area contributed by atoms with Gasteiger partial charge in [-0.15, -0.1) is 12.4 Å². The summed E-state index contributed by atoms with van der Waals surface area (Å²) >= 11 is 2.20. The van der Waals surface area contributed by atoms with Crippen molar-refractivity contribution in [2.75, 3.05) is 18.0 Å². The van der Waals surface area contributed by atoms with E-state index in [1.165, 1.54) is 43.5 Å². The summed E-state index contributed by atoms with van der Waals surface area (Å²) < 4.78 is 0. The van der Waals surface area contributed by atoms with Gasteiger partial charge in [0.2, 0.25) is 0 Å². The zero-order chi connectivity index (χ0) is 12.4. The molecule has 4 heteroatoms. The maximum Gasteiger partial charge on any atom is 0.0317 e. The number of anilines is 1. The Kier molecular flexibility index (Phi) is 5.43. The Bertz CT molecular complexity index is 411. The van der Waals surface area contributed by atoms with Crippen LogP contribution in [0.1, 0.15) is 31.2 Å². The zero-order valence-electron chi connectivity index (χ0n) is 11.3. The van der Waals surface area contributed by atoms with Gasteiger partial charge in [0.15, 0.2) is 0 Å². The fraction of sp³-hybridized carbons (Fsp3) is 0.600. The molecule has 1 saturated heterocycles. The Morgan fingerprint density at radius 2 is 2.11 bits per heavy atom. The first-order valence-electron chi connectivity index (χ1n) is 7.03. The van der Waals surface area contributed by atoms with E-state index in [4.69, 9.17) is 5.73 Å². The smallest absolute Gasteiger partial charge is 0.0317 e. The van der Waals surface area contributed by atoms with Crippen molar-refractivity contribution >= 4 is 29.9 Å². The lowest BCUT2D eigenvalue weighted by Gasteiger charge is -2.43. The predicted octanol–water partition coefficient (Wildman–Crippen LogP) is 3.55. The van der Waals surface area contributed by atoms with Crippen LogP contribution < -0.4 is 5.73 Å². The van der Waals surface area contributed by atoms with E-state index in [2.05, 4.69) is 34.9 Å². The summed E-state index contributed by atoms with van der Waals surface area (Å²) in [5.41, 5.74) is 8.13. The van der Waals surface area contributed by atoms with Crippen molar-refractivity contribution in [2.45, 2.75) is 43.5 Å². The molecular formula is C15H23ClN2S. The van der Waals surface area contributed by atoms with Crippen LogP contribution in [0.5, 0.6) is 0 Å². The van der Waals surface area contributed by atoms with Crippen molar-refractivity contribution in [1.82, 2.24) is 4.90 Å². The van der Waals surface area contributed by atoms with Crippen molar-refractivity contribution < 1.29 is 0 Å². The Labute approximate surface area is 126 Å². The van der Waals surface area contributed by atoms with Gasteiger partial charge in [-0.1, -0.05) is 25.0 Å². The minimum Gasteiger partial charge on any atom is -0.399 e. The zero-order valence-corrected chi connectivity index (χ0v) is 12.9. The van der Waals surface area contributed by atoms with E-state index in [-0.39, 0.29) is 12.4 Å². The number of thioether (sulfide) groups is 1. The van der Waals surface area contributed by atoms with Crippen LogP contribution in [0.15, 0.2) is 24.3 Å². The molecule has 2 atom stereocenters. The summed E-state index contributed by atoms with van der Waals surface area (Å²) in [7, 11) is 0. The third kappa shape index (κ3) is 3.59. The van der Waals surface area contributed by atoms with Gasteiger partial charge in [0.1, 0.15) is 0 Å². The molecule has 1 saturated carbocycles. The number of rotatable bonds is 2. The van der Waals surface area contributed by atoms with Gasteiger partial charge in [-0.3, -0.25) is 4.90 Å². The molecule has 2 unspecified atom stereocenters. The third-order valence-electron chi connectivity index (χ3n) is 4.18. The van der Waals surface area contributed by atoms with Gasteiger partial charge in [-0.05, 0) is 30.5 Å². The van der Waals surface area contributed by atoms with E-state index in [1.807, 2.05) is 6.07 Å². The minimum absolute atomic E-state index is 0. The third-order valence-corrected chi connectivity index (χ3v) is 5.58. The Hall–Kier alpha value is -0.380. The molecule has 1 aliphatic carbocycles. The molecule has 106 valence electrons. The average Bonchev–Trinajstić information content (AvgIpc) is 2.39. The van der Waals surface area contributed by atoms with E-state index in [0.717, 1.165) is 23.5 Å². The molecule has 3 rings (SSSR count). The second kappa shape index (κ2) is 6.87. The molecular weight excluding hydrogens is 276 g/mol. The molecule has 2 nitrogen and oxygen atoms in total. The van der Waals surface area contributed by atoms with Crippen molar-refractivity contribution in [3.63, 3.8) is 0 Å². The van der Waals surface area contributed by atoms with Gasteiger partial charge < -0.3 is 5.73 Å². The molecule has 2 aliphatic rings. The summed E-state index contributed by atoms with van der Waals surface area (Å²) in [5.74, 6) is 1.30. The van der Waals surface area contributed by atoms with Crippen LogP contribution in [0, 0.1) is 0 Å². The monoisotopic (exact) mass is 298 g/mol. The molecule has 1 heterocycles. The van der Waals surface area contributed by atoms with Crippen LogP contribution in [0.4, 0.5) is 5.69 Å². The van der Waals surface area contributed by atoms with E-state index in [0.29, 0.717) is 0 Å². The van der Waals surface area contributed by atoms with Crippen LogP contribution in [-0.4, -0.2) is 28.5 Å². The fourth-order valence-electron chi connectivity index (χ4n) is 3.30. The summed E-state index contributed by atoms with van der Waals surface area (Å²) in [6.07, 6.45) is 5.65. The number of hydrogen-bond acceptors (Lipinski definition) is 3. The Morgan fingerprint density at radius 1 is 1.26 bits per heavy atom. The highest BCUT2D eigenvalue weighted by Gasteiger charge is 2.33. The van der Waals surface area contributed by atoms with Gasteiger partial charge in [-0.25, -0.2) is 0 Å². The fourth-order valence-corrected chi connectivity index (χ4v) is 4.81. The highest BCUT2D eigenvalue weighted by Crippen LogP contribution is 2.36. The molecule has 1 aromatic carbocycles. The van der Waals surface area contributed by atoms with Gasteiger partial charge >= 0.3 is 0 Å². The molecule has 2 fully saturated rings. The van der Waals surface area contributed by atoms with E-state index in [9.17, 15) is 0 Å². The normalized spacial score (nSPS) is 27.4. The van der Waals surface area contributed by atoms with E-state index < -0.39 is 0 Å². The van der Waals surface area contributed by atoms with Crippen molar-refractivity contribution in [3.8, 4) is 0 Å². The SMILES string of the molecule is Cl.Nc1cccc(CN2CCSC3CCCCC32)c1. The van der Waals surface area contributed by atoms with Gasteiger partial charge in [0.25, 0.3) is 0 Å². The van der Waals surface area contributed by atoms with E-state index >= 15 is 0 Å². The maximum atomic E-state index is 5.87. The number of fused-ring (bicyclic) bond motifs is 1.